The summed E-state index contributed by atoms with van der Waals surface area (Å²) in [7, 11) is 0. The number of hydrogen-bond donors (Lipinski definition) is 0. The molecule has 0 spiro atoms. The van der Waals surface area contributed by atoms with Gasteiger partial charge in [0.05, 0.1) is 12.1 Å². The average Bonchev–Trinajstić information content (AvgIpc) is 2.52. The van der Waals surface area contributed by atoms with E-state index in [1.54, 1.807) is 23.8 Å². The molecule has 0 unspecified atom stereocenters. The van der Waals surface area contributed by atoms with Crippen molar-refractivity contribution in [3.8, 4) is 0 Å². The van der Waals surface area contributed by atoms with Gasteiger partial charge < -0.3 is 4.74 Å². The molecular weight excluding hydrogens is 254 g/mol. The summed E-state index contributed by atoms with van der Waals surface area (Å²) < 4.78 is 5.79. The lowest BCUT2D eigenvalue weighted by Gasteiger charge is -2.00. The summed E-state index contributed by atoms with van der Waals surface area (Å²) in [5, 5.41) is 0. The zero-order valence-corrected chi connectivity index (χ0v) is 9.65. The Morgan fingerprint density at radius 2 is 2.54 bits per heavy atom. The third-order valence-electron chi connectivity index (χ3n) is 1.47. The standard InChI is InChI=1S/C8H10BrNO2S/c1-2-7(11)12-4-3-6-8(9)10-5-13-6/h5H,2-4H2,1H3. The van der Waals surface area contributed by atoms with E-state index in [0.717, 1.165) is 15.9 Å². The molecule has 0 aromatic carbocycles. The highest BCUT2D eigenvalue weighted by Crippen LogP contribution is 2.19. The van der Waals surface area contributed by atoms with Crippen molar-refractivity contribution >= 4 is 33.2 Å². The molecule has 0 bridgehead atoms. The molecule has 0 saturated carbocycles. The molecule has 0 atom stereocenters. The Hall–Kier alpha value is -0.420. The molecule has 0 N–H and O–H groups in total. The van der Waals surface area contributed by atoms with E-state index in [4.69, 9.17) is 4.74 Å². The van der Waals surface area contributed by atoms with Crippen LogP contribution in [0.4, 0.5) is 0 Å². The molecule has 3 nitrogen and oxygen atoms in total. The van der Waals surface area contributed by atoms with Crippen LogP contribution in [0.25, 0.3) is 0 Å². The van der Waals surface area contributed by atoms with Crippen molar-refractivity contribution in [2.45, 2.75) is 19.8 Å². The van der Waals surface area contributed by atoms with E-state index in [9.17, 15) is 4.79 Å². The monoisotopic (exact) mass is 263 g/mol. The number of hydrogen-bond acceptors (Lipinski definition) is 4. The Kier molecular flexibility index (Phi) is 4.38. The predicted molar refractivity (Wildman–Crippen MR) is 54.8 cm³/mol. The van der Waals surface area contributed by atoms with E-state index in [1.807, 2.05) is 0 Å². The predicted octanol–water partition coefficient (Wildman–Crippen LogP) is 2.40. The first-order valence-corrected chi connectivity index (χ1v) is 5.64. The Balaban J connectivity index is 2.28. The number of rotatable bonds is 4. The smallest absolute Gasteiger partial charge is 0.305 e. The van der Waals surface area contributed by atoms with E-state index in [0.29, 0.717) is 13.0 Å². The fraction of sp³-hybridized carbons (Fsp3) is 0.500. The van der Waals surface area contributed by atoms with Gasteiger partial charge in [-0.1, -0.05) is 6.92 Å². The minimum atomic E-state index is -0.152. The summed E-state index contributed by atoms with van der Waals surface area (Å²) in [4.78, 5) is 15.9. The van der Waals surface area contributed by atoms with Crippen LogP contribution in [0, 0.1) is 0 Å². The number of nitrogens with zero attached hydrogens (tertiary/aromatic N) is 1. The van der Waals surface area contributed by atoms with Gasteiger partial charge in [0.2, 0.25) is 0 Å². The van der Waals surface area contributed by atoms with E-state index in [2.05, 4.69) is 20.9 Å². The third kappa shape index (κ3) is 3.44. The Morgan fingerprint density at radius 3 is 3.08 bits per heavy atom. The maximum Gasteiger partial charge on any atom is 0.305 e. The van der Waals surface area contributed by atoms with E-state index < -0.39 is 0 Å². The van der Waals surface area contributed by atoms with Gasteiger partial charge in [-0.25, -0.2) is 4.98 Å². The molecule has 0 aliphatic carbocycles. The lowest BCUT2D eigenvalue weighted by atomic mass is 10.4. The molecule has 0 fully saturated rings. The van der Waals surface area contributed by atoms with Crippen molar-refractivity contribution in [1.29, 1.82) is 0 Å². The van der Waals surface area contributed by atoms with Crippen molar-refractivity contribution in [3.05, 3.63) is 15.0 Å². The minimum Gasteiger partial charge on any atom is -0.465 e. The average molecular weight is 264 g/mol. The summed E-state index contributed by atoms with van der Waals surface area (Å²) in [6.07, 6.45) is 1.17. The van der Waals surface area contributed by atoms with Crippen LogP contribution in [0.5, 0.6) is 0 Å². The Labute approximate surface area is 89.3 Å². The molecule has 5 heteroatoms. The molecule has 0 aliphatic heterocycles. The molecule has 72 valence electrons. The lowest BCUT2D eigenvalue weighted by molar-refractivity contribution is -0.143. The number of ether oxygens (including phenoxy) is 1. The second-order valence-corrected chi connectivity index (χ2v) is 4.08. The summed E-state index contributed by atoms with van der Waals surface area (Å²) in [5.74, 6) is -0.152. The first-order valence-electron chi connectivity index (χ1n) is 3.97. The number of esters is 1. The molecule has 1 aromatic rings. The largest absolute Gasteiger partial charge is 0.465 e. The number of carbonyl (C=O) groups excluding carboxylic acids is 1. The first kappa shape index (κ1) is 10.7. The highest BCUT2D eigenvalue weighted by Gasteiger charge is 2.04. The van der Waals surface area contributed by atoms with Crippen LogP contribution in [0.2, 0.25) is 0 Å². The van der Waals surface area contributed by atoms with Crippen LogP contribution in [-0.2, 0) is 16.0 Å². The number of aromatic nitrogens is 1. The van der Waals surface area contributed by atoms with Crippen molar-refractivity contribution in [2.75, 3.05) is 6.61 Å². The summed E-state index contributed by atoms with van der Waals surface area (Å²) >= 11 is 4.87. The van der Waals surface area contributed by atoms with Crippen LogP contribution in [-0.4, -0.2) is 17.6 Å². The van der Waals surface area contributed by atoms with E-state index >= 15 is 0 Å². The zero-order valence-electron chi connectivity index (χ0n) is 7.25. The van der Waals surface area contributed by atoms with Crippen molar-refractivity contribution in [3.63, 3.8) is 0 Å². The van der Waals surface area contributed by atoms with E-state index in [-0.39, 0.29) is 5.97 Å². The molecule has 0 aliphatic rings. The number of halogens is 1. The highest BCUT2D eigenvalue weighted by molar-refractivity contribution is 9.10. The van der Waals surface area contributed by atoms with E-state index in [1.165, 1.54) is 0 Å². The molecule has 1 aromatic heterocycles. The van der Waals surface area contributed by atoms with Gasteiger partial charge in [-0.3, -0.25) is 4.79 Å². The fourth-order valence-corrected chi connectivity index (χ4v) is 2.13. The maximum atomic E-state index is 10.8. The first-order chi connectivity index (χ1) is 6.24. The lowest BCUT2D eigenvalue weighted by Crippen LogP contribution is -2.05. The normalized spacial score (nSPS) is 10.0. The van der Waals surface area contributed by atoms with Gasteiger partial charge in [0.25, 0.3) is 0 Å². The third-order valence-corrected chi connectivity index (χ3v) is 3.31. The molecule has 1 heterocycles. The van der Waals surface area contributed by atoms with Gasteiger partial charge in [-0.2, -0.15) is 0 Å². The summed E-state index contributed by atoms with van der Waals surface area (Å²) in [6.45, 7) is 2.22. The van der Waals surface area contributed by atoms with Crippen molar-refractivity contribution in [1.82, 2.24) is 4.98 Å². The second-order valence-electron chi connectivity index (χ2n) is 2.39. The van der Waals surface area contributed by atoms with Crippen LogP contribution < -0.4 is 0 Å². The van der Waals surface area contributed by atoms with Crippen LogP contribution >= 0.6 is 27.3 Å². The maximum absolute atomic E-state index is 10.8. The van der Waals surface area contributed by atoms with Gasteiger partial charge in [0, 0.05) is 17.7 Å². The topological polar surface area (TPSA) is 39.2 Å². The second kappa shape index (κ2) is 5.34. The van der Waals surface area contributed by atoms with Gasteiger partial charge in [0.1, 0.15) is 4.60 Å². The molecule has 0 amide bonds. The summed E-state index contributed by atoms with van der Waals surface area (Å²) in [6, 6.07) is 0. The Bertz CT molecular complexity index is 287. The molecule has 1 rings (SSSR count). The Morgan fingerprint density at radius 1 is 1.77 bits per heavy atom. The van der Waals surface area contributed by atoms with Crippen LogP contribution in [0.1, 0.15) is 18.2 Å². The highest BCUT2D eigenvalue weighted by atomic mass is 79.9. The summed E-state index contributed by atoms with van der Waals surface area (Å²) in [5.41, 5.74) is 1.76. The molecule has 13 heavy (non-hydrogen) atoms. The molecular formula is C8H10BrNO2S. The van der Waals surface area contributed by atoms with Gasteiger partial charge >= 0.3 is 5.97 Å². The number of thiazole rings is 1. The minimum absolute atomic E-state index is 0.152. The van der Waals surface area contributed by atoms with Gasteiger partial charge in [-0.15, -0.1) is 11.3 Å². The van der Waals surface area contributed by atoms with Crippen LogP contribution in [0.15, 0.2) is 10.1 Å². The molecule has 0 radical (unpaired) electrons. The van der Waals surface area contributed by atoms with Crippen molar-refractivity contribution < 1.29 is 9.53 Å². The SMILES string of the molecule is CCC(=O)OCCc1scnc1Br. The quantitative estimate of drug-likeness (QED) is 0.784. The zero-order chi connectivity index (χ0) is 9.68. The van der Waals surface area contributed by atoms with Crippen molar-refractivity contribution in [2.24, 2.45) is 0 Å². The molecule has 0 saturated heterocycles. The van der Waals surface area contributed by atoms with Gasteiger partial charge in [0.15, 0.2) is 0 Å². The number of carbonyl (C=O) groups is 1. The van der Waals surface area contributed by atoms with Crippen LogP contribution in [0.3, 0.4) is 0 Å². The fourth-order valence-electron chi connectivity index (χ4n) is 0.779. The van der Waals surface area contributed by atoms with Gasteiger partial charge in [-0.05, 0) is 15.9 Å².